The number of hydrogen-bond donors (Lipinski definition) is 1. The summed E-state index contributed by atoms with van der Waals surface area (Å²) in [5.74, 6) is 1.33. The lowest BCUT2D eigenvalue weighted by Crippen LogP contribution is -2.25. The van der Waals surface area contributed by atoms with Crippen molar-refractivity contribution in [2.24, 2.45) is 11.8 Å². The Morgan fingerprint density at radius 2 is 2.11 bits per heavy atom. The number of rotatable bonds is 6. The Morgan fingerprint density at radius 3 is 2.67 bits per heavy atom. The number of ether oxygens (including phenoxy) is 1. The highest BCUT2D eigenvalue weighted by Crippen LogP contribution is 2.19. The molecule has 18 heavy (non-hydrogen) atoms. The molecule has 0 radical (unpaired) electrons. The average Bonchev–Trinajstić information content (AvgIpc) is 2.34. The molecule has 0 aliphatic rings. The van der Waals surface area contributed by atoms with Crippen LogP contribution < -0.4 is 10.1 Å². The van der Waals surface area contributed by atoms with Crippen LogP contribution in [0.5, 0.6) is 5.75 Å². The van der Waals surface area contributed by atoms with E-state index in [1.54, 1.807) is 7.11 Å². The topological polar surface area (TPSA) is 45.0 Å². The SMILES string of the molecule is COc1ccc(C)cc1CNCC(C#N)C(C)C. The van der Waals surface area contributed by atoms with Crippen LogP contribution in [0.4, 0.5) is 0 Å². The second kappa shape index (κ2) is 7.03. The summed E-state index contributed by atoms with van der Waals surface area (Å²) in [6, 6.07) is 8.47. The number of nitrogens with one attached hydrogen (secondary N) is 1. The molecule has 3 nitrogen and oxygen atoms in total. The third-order valence-corrected chi connectivity index (χ3v) is 3.09. The summed E-state index contributed by atoms with van der Waals surface area (Å²) in [7, 11) is 1.68. The van der Waals surface area contributed by atoms with E-state index in [0.29, 0.717) is 12.5 Å². The normalized spacial score (nSPS) is 12.2. The Bertz CT molecular complexity index is 421. The van der Waals surface area contributed by atoms with E-state index in [2.05, 4.69) is 38.2 Å². The molecule has 1 aromatic carbocycles. The number of hydrogen-bond acceptors (Lipinski definition) is 3. The summed E-state index contributed by atoms with van der Waals surface area (Å²) < 4.78 is 5.33. The molecule has 0 amide bonds. The van der Waals surface area contributed by atoms with Crippen molar-refractivity contribution in [1.82, 2.24) is 5.32 Å². The van der Waals surface area contributed by atoms with Crippen molar-refractivity contribution in [3.05, 3.63) is 29.3 Å². The molecule has 0 aliphatic carbocycles. The van der Waals surface area contributed by atoms with E-state index in [1.807, 2.05) is 12.1 Å². The van der Waals surface area contributed by atoms with Crippen LogP contribution in [0.25, 0.3) is 0 Å². The van der Waals surface area contributed by atoms with Crippen molar-refractivity contribution in [2.75, 3.05) is 13.7 Å². The van der Waals surface area contributed by atoms with Gasteiger partial charge in [0.05, 0.1) is 19.1 Å². The third kappa shape index (κ3) is 4.05. The summed E-state index contributed by atoms with van der Waals surface area (Å²) >= 11 is 0. The van der Waals surface area contributed by atoms with Gasteiger partial charge in [0.1, 0.15) is 5.75 Å². The monoisotopic (exact) mass is 246 g/mol. The minimum absolute atomic E-state index is 0.0563. The second-order valence-corrected chi connectivity index (χ2v) is 4.93. The average molecular weight is 246 g/mol. The van der Waals surface area contributed by atoms with E-state index < -0.39 is 0 Å². The Kier molecular flexibility index (Phi) is 5.67. The molecule has 0 saturated heterocycles. The lowest BCUT2D eigenvalue weighted by Gasteiger charge is -2.15. The van der Waals surface area contributed by atoms with Gasteiger partial charge in [-0.15, -0.1) is 0 Å². The lowest BCUT2D eigenvalue weighted by molar-refractivity contribution is 0.403. The molecule has 0 aromatic heterocycles. The highest BCUT2D eigenvalue weighted by molar-refractivity contribution is 5.36. The molecule has 3 heteroatoms. The summed E-state index contributed by atoms with van der Waals surface area (Å²) in [5, 5.41) is 12.4. The zero-order valence-electron chi connectivity index (χ0n) is 11.7. The van der Waals surface area contributed by atoms with E-state index in [9.17, 15) is 0 Å². The molecule has 1 unspecified atom stereocenters. The molecule has 0 bridgehead atoms. The predicted octanol–water partition coefficient (Wildman–Crippen LogP) is 2.89. The zero-order chi connectivity index (χ0) is 13.5. The molecular weight excluding hydrogens is 224 g/mol. The van der Waals surface area contributed by atoms with Gasteiger partial charge in [0, 0.05) is 18.7 Å². The standard InChI is InChI=1S/C15H22N2O/c1-11(2)14(8-16)10-17-9-13-7-12(3)5-6-15(13)18-4/h5-7,11,14,17H,9-10H2,1-4H3. The fourth-order valence-electron chi connectivity index (χ4n) is 1.84. The van der Waals surface area contributed by atoms with Gasteiger partial charge in [0.25, 0.3) is 0 Å². The number of nitrogens with zero attached hydrogens (tertiary/aromatic N) is 1. The molecular formula is C15H22N2O. The molecule has 0 saturated carbocycles. The first-order valence-electron chi connectivity index (χ1n) is 6.32. The van der Waals surface area contributed by atoms with Crippen LogP contribution in [0.2, 0.25) is 0 Å². The molecule has 1 aromatic rings. The van der Waals surface area contributed by atoms with Gasteiger partial charge >= 0.3 is 0 Å². The first kappa shape index (κ1) is 14.5. The fraction of sp³-hybridized carbons (Fsp3) is 0.533. The quantitative estimate of drug-likeness (QED) is 0.839. The minimum Gasteiger partial charge on any atom is -0.496 e. The van der Waals surface area contributed by atoms with Crippen LogP contribution >= 0.6 is 0 Å². The summed E-state index contributed by atoms with van der Waals surface area (Å²) in [4.78, 5) is 0. The Labute approximate surface area is 110 Å². The summed E-state index contributed by atoms with van der Waals surface area (Å²) in [6.45, 7) is 7.65. The predicted molar refractivity (Wildman–Crippen MR) is 73.4 cm³/mol. The third-order valence-electron chi connectivity index (χ3n) is 3.09. The van der Waals surface area contributed by atoms with Crippen molar-refractivity contribution in [1.29, 1.82) is 5.26 Å². The van der Waals surface area contributed by atoms with Crippen LogP contribution in [-0.2, 0) is 6.54 Å². The maximum Gasteiger partial charge on any atom is 0.123 e. The fourth-order valence-corrected chi connectivity index (χ4v) is 1.84. The van der Waals surface area contributed by atoms with Crippen LogP contribution in [0, 0.1) is 30.1 Å². The molecule has 0 heterocycles. The molecule has 1 rings (SSSR count). The number of benzene rings is 1. The Morgan fingerprint density at radius 1 is 1.39 bits per heavy atom. The molecule has 0 fully saturated rings. The van der Waals surface area contributed by atoms with E-state index in [0.717, 1.165) is 17.9 Å². The molecule has 1 N–H and O–H groups in total. The second-order valence-electron chi connectivity index (χ2n) is 4.93. The maximum absolute atomic E-state index is 9.02. The van der Waals surface area contributed by atoms with E-state index in [-0.39, 0.29) is 5.92 Å². The van der Waals surface area contributed by atoms with Crippen LogP contribution in [0.15, 0.2) is 18.2 Å². The van der Waals surface area contributed by atoms with Gasteiger partial charge in [-0.3, -0.25) is 0 Å². The van der Waals surface area contributed by atoms with E-state index in [4.69, 9.17) is 10.00 Å². The van der Waals surface area contributed by atoms with Gasteiger partial charge in [-0.05, 0) is 18.9 Å². The Balaban J connectivity index is 2.58. The highest BCUT2D eigenvalue weighted by atomic mass is 16.5. The maximum atomic E-state index is 9.02. The van der Waals surface area contributed by atoms with E-state index in [1.165, 1.54) is 5.56 Å². The number of aryl methyl sites for hydroxylation is 1. The first-order chi connectivity index (χ1) is 8.58. The van der Waals surface area contributed by atoms with Gasteiger partial charge in [-0.1, -0.05) is 31.5 Å². The van der Waals surface area contributed by atoms with Gasteiger partial charge in [0.15, 0.2) is 0 Å². The zero-order valence-corrected chi connectivity index (χ0v) is 11.7. The van der Waals surface area contributed by atoms with Crippen molar-refractivity contribution in [3.63, 3.8) is 0 Å². The summed E-state index contributed by atoms with van der Waals surface area (Å²) in [5.41, 5.74) is 2.35. The Hall–Kier alpha value is -1.53. The number of nitriles is 1. The van der Waals surface area contributed by atoms with Gasteiger partial charge < -0.3 is 10.1 Å². The lowest BCUT2D eigenvalue weighted by atomic mass is 9.97. The molecule has 98 valence electrons. The van der Waals surface area contributed by atoms with Gasteiger partial charge in [-0.25, -0.2) is 0 Å². The van der Waals surface area contributed by atoms with Gasteiger partial charge in [0.2, 0.25) is 0 Å². The molecule has 1 atom stereocenters. The highest BCUT2D eigenvalue weighted by Gasteiger charge is 2.12. The van der Waals surface area contributed by atoms with Crippen molar-refractivity contribution < 1.29 is 4.74 Å². The minimum atomic E-state index is 0.0563. The van der Waals surface area contributed by atoms with Crippen LogP contribution in [0.1, 0.15) is 25.0 Å². The molecule has 0 aliphatic heterocycles. The van der Waals surface area contributed by atoms with Gasteiger partial charge in [-0.2, -0.15) is 5.26 Å². The largest absolute Gasteiger partial charge is 0.496 e. The van der Waals surface area contributed by atoms with E-state index >= 15 is 0 Å². The van der Waals surface area contributed by atoms with Crippen LogP contribution in [-0.4, -0.2) is 13.7 Å². The smallest absolute Gasteiger partial charge is 0.123 e. The van der Waals surface area contributed by atoms with Crippen molar-refractivity contribution in [2.45, 2.75) is 27.3 Å². The number of methoxy groups -OCH3 is 1. The van der Waals surface area contributed by atoms with Crippen molar-refractivity contribution in [3.8, 4) is 11.8 Å². The first-order valence-corrected chi connectivity index (χ1v) is 6.32. The van der Waals surface area contributed by atoms with Crippen molar-refractivity contribution >= 4 is 0 Å². The van der Waals surface area contributed by atoms with Crippen LogP contribution in [0.3, 0.4) is 0 Å². The molecule has 0 spiro atoms. The summed E-state index contributed by atoms with van der Waals surface area (Å²) in [6.07, 6.45) is 0.